The van der Waals surface area contributed by atoms with E-state index in [-0.39, 0.29) is 12.3 Å². The normalized spacial score (nSPS) is 26.2. The van der Waals surface area contributed by atoms with Crippen LogP contribution in [0, 0.1) is 5.92 Å². The van der Waals surface area contributed by atoms with Gasteiger partial charge in [0.05, 0.1) is 12.0 Å². The molecular formula is C17H32N2O2. The Kier molecular flexibility index (Phi) is 6.06. The van der Waals surface area contributed by atoms with Gasteiger partial charge in [-0.05, 0) is 38.1 Å². The van der Waals surface area contributed by atoms with Gasteiger partial charge in [0.1, 0.15) is 0 Å². The quantitative estimate of drug-likeness (QED) is 0.791. The smallest absolute Gasteiger partial charge is 0.222 e. The lowest BCUT2D eigenvalue weighted by Gasteiger charge is -2.32. The average molecular weight is 296 g/mol. The van der Waals surface area contributed by atoms with Gasteiger partial charge in [0.2, 0.25) is 5.91 Å². The molecule has 2 aliphatic rings. The Morgan fingerprint density at radius 3 is 2.67 bits per heavy atom. The van der Waals surface area contributed by atoms with Gasteiger partial charge in [-0.25, -0.2) is 0 Å². The molecule has 0 unspecified atom stereocenters. The Bertz CT molecular complexity index is 338. The topological polar surface area (TPSA) is 52.6 Å². The molecule has 1 saturated heterocycles. The van der Waals surface area contributed by atoms with Crippen molar-refractivity contribution in [3.05, 3.63) is 0 Å². The molecule has 0 radical (unpaired) electrons. The van der Waals surface area contributed by atoms with Crippen molar-refractivity contribution in [3.8, 4) is 0 Å². The summed E-state index contributed by atoms with van der Waals surface area (Å²) in [5.41, 5.74) is -0.740. The van der Waals surface area contributed by atoms with E-state index in [4.69, 9.17) is 0 Å². The minimum atomic E-state index is -0.740. The molecule has 1 saturated carbocycles. The Labute approximate surface area is 129 Å². The third-order valence-electron chi connectivity index (χ3n) is 4.91. The molecule has 0 spiro atoms. The van der Waals surface area contributed by atoms with Crippen molar-refractivity contribution in [2.45, 2.75) is 76.9 Å². The van der Waals surface area contributed by atoms with Crippen LogP contribution in [-0.2, 0) is 4.79 Å². The molecule has 4 heteroatoms. The first kappa shape index (κ1) is 16.8. The first-order valence-electron chi connectivity index (χ1n) is 8.72. The molecule has 2 N–H and O–H groups in total. The second-order valence-corrected chi connectivity index (χ2v) is 7.45. The summed E-state index contributed by atoms with van der Waals surface area (Å²) in [5.74, 6) is 0.694. The Balaban J connectivity index is 1.73. The number of carbonyl (C=O) groups is 1. The molecule has 0 aromatic rings. The van der Waals surface area contributed by atoms with E-state index in [0.717, 1.165) is 45.3 Å². The number of hydrogen-bond donors (Lipinski definition) is 2. The highest BCUT2D eigenvalue weighted by atomic mass is 16.3. The maximum absolute atomic E-state index is 12.1. The lowest BCUT2D eigenvalue weighted by atomic mass is 9.82. The van der Waals surface area contributed by atoms with Crippen molar-refractivity contribution < 1.29 is 9.90 Å². The summed E-state index contributed by atoms with van der Waals surface area (Å²) in [6, 6.07) is 0.484. The molecule has 122 valence electrons. The van der Waals surface area contributed by atoms with E-state index in [1.807, 2.05) is 0 Å². The van der Waals surface area contributed by atoms with Crippen LogP contribution in [0.15, 0.2) is 0 Å². The highest BCUT2D eigenvalue weighted by Crippen LogP contribution is 2.30. The molecule has 1 aliphatic heterocycles. The van der Waals surface area contributed by atoms with E-state index in [1.165, 1.54) is 19.3 Å². The molecule has 21 heavy (non-hydrogen) atoms. The number of carbonyl (C=O) groups excluding carboxylic acids is 1. The van der Waals surface area contributed by atoms with Gasteiger partial charge in [-0.2, -0.15) is 0 Å². The van der Waals surface area contributed by atoms with Crippen molar-refractivity contribution in [1.29, 1.82) is 0 Å². The molecule has 1 amide bonds. The highest BCUT2D eigenvalue weighted by molar-refractivity contribution is 5.77. The third kappa shape index (κ3) is 5.26. The van der Waals surface area contributed by atoms with Crippen LogP contribution in [0.2, 0.25) is 0 Å². The monoisotopic (exact) mass is 296 g/mol. The van der Waals surface area contributed by atoms with Crippen LogP contribution in [0.1, 0.15) is 65.2 Å². The maximum atomic E-state index is 12.1. The van der Waals surface area contributed by atoms with Crippen LogP contribution in [0.3, 0.4) is 0 Å². The lowest BCUT2D eigenvalue weighted by molar-refractivity contribution is -0.127. The van der Waals surface area contributed by atoms with Gasteiger partial charge in [-0.1, -0.05) is 33.1 Å². The van der Waals surface area contributed by atoms with Gasteiger partial charge < -0.3 is 10.4 Å². The van der Waals surface area contributed by atoms with Crippen LogP contribution in [-0.4, -0.2) is 47.2 Å². The number of hydrogen-bond acceptors (Lipinski definition) is 3. The molecule has 1 heterocycles. The summed E-state index contributed by atoms with van der Waals surface area (Å²) in [4.78, 5) is 14.6. The third-order valence-corrected chi connectivity index (χ3v) is 4.91. The zero-order chi connectivity index (χ0) is 15.3. The SMILES string of the molecule is CC(C)CN1CCC[C@@H]1CNC(=O)CC1(O)CCCCC1. The van der Waals surface area contributed by atoms with E-state index in [2.05, 4.69) is 24.1 Å². The summed E-state index contributed by atoms with van der Waals surface area (Å²) in [5, 5.41) is 13.5. The van der Waals surface area contributed by atoms with E-state index in [1.54, 1.807) is 0 Å². The van der Waals surface area contributed by atoms with Crippen molar-refractivity contribution in [1.82, 2.24) is 10.2 Å². The molecule has 1 atom stereocenters. The Morgan fingerprint density at radius 2 is 2.00 bits per heavy atom. The van der Waals surface area contributed by atoms with E-state index >= 15 is 0 Å². The first-order chi connectivity index (χ1) is 9.98. The fourth-order valence-corrected chi connectivity index (χ4v) is 3.82. The number of nitrogens with one attached hydrogen (secondary N) is 1. The van der Waals surface area contributed by atoms with Crippen LogP contribution in [0.5, 0.6) is 0 Å². The number of aliphatic hydroxyl groups is 1. The molecule has 2 rings (SSSR count). The lowest BCUT2D eigenvalue weighted by Crippen LogP contribution is -2.44. The van der Waals surface area contributed by atoms with Crippen LogP contribution < -0.4 is 5.32 Å². The van der Waals surface area contributed by atoms with E-state index in [0.29, 0.717) is 12.0 Å². The summed E-state index contributed by atoms with van der Waals surface area (Å²) >= 11 is 0. The number of likely N-dealkylation sites (tertiary alicyclic amines) is 1. The molecule has 0 aromatic carbocycles. The van der Waals surface area contributed by atoms with Gasteiger partial charge in [-0.15, -0.1) is 0 Å². The van der Waals surface area contributed by atoms with Gasteiger partial charge >= 0.3 is 0 Å². The standard InChI is InChI=1S/C17H32N2O2/c1-14(2)13-19-10-6-7-15(19)12-18-16(20)11-17(21)8-4-3-5-9-17/h14-15,21H,3-13H2,1-2H3,(H,18,20)/t15-/m1/s1. The van der Waals surface area contributed by atoms with Crippen molar-refractivity contribution >= 4 is 5.91 Å². The van der Waals surface area contributed by atoms with Gasteiger partial charge in [0, 0.05) is 19.1 Å². The van der Waals surface area contributed by atoms with E-state index < -0.39 is 5.60 Å². The summed E-state index contributed by atoms with van der Waals surface area (Å²) in [6.45, 7) is 7.49. The minimum Gasteiger partial charge on any atom is -0.389 e. The zero-order valence-electron chi connectivity index (χ0n) is 13.7. The number of amides is 1. The zero-order valence-corrected chi connectivity index (χ0v) is 13.7. The van der Waals surface area contributed by atoms with Crippen molar-refractivity contribution in [3.63, 3.8) is 0 Å². The van der Waals surface area contributed by atoms with Crippen LogP contribution in [0.25, 0.3) is 0 Å². The van der Waals surface area contributed by atoms with Gasteiger partial charge in [0.25, 0.3) is 0 Å². The first-order valence-corrected chi connectivity index (χ1v) is 8.72. The summed E-state index contributed by atoms with van der Waals surface area (Å²) in [7, 11) is 0. The Morgan fingerprint density at radius 1 is 1.29 bits per heavy atom. The predicted octanol–water partition coefficient (Wildman–Crippen LogP) is 2.31. The average Bonchev–Trinajstić information content (AvgIpc) is 2.83. The summed E-state index contributed by atoms with van der Waals surface area (Å²) < 4.78 is 0. The maximum Gasteiger partial charge on any atom is 0.222 e. The summed E-state index contributed by atoms with van der Waals surface area (Å²) in [6.07, 6.45) is 7.55. The minimum absolute atomic E-state index is 0.0239. The van der Waals surface area contributed by atoms with Gasteiger partial charge in [-0.3, -0.25) is 9.69 Å². The number of rotatable bonds is 6. The van der Waals surface area contributed by atoms with E-state index in [9.17, 15) is 9.90 Å². The molecule has 2 fully saturated rings. The van der Waals surface area contributed by atoms with Crippen LogP contribution >= 0.6 is 0 Å². The van der Waals surface area contributed by atoms with Crippen molar-refractivity contribution in [2.24, 2.45) is 5.92 Å². The molecular weight excluding hydrogens is 264 g/mol. The molecule has 1 aliphatic carbocycles. The number of nitrogens with zero attached hydrogens (tertiary/aromatic N) is 1. The highest BCUT2D eigenvalue weighted by Gasteiger charge is 2.32. The molecule has 4 nitrogen and oxygen atoms in total. The fraction of sp³-hybridized carbons (Fsp3) is 0.941. The second-order valence-electron chi connectivity index (χ2n) is 7.45. The fourth-order valence-electron chi connectivity index (χ4n) is 3.82. The van der Waals surface area contributed by atoms with Gasteiger partial charge in [0.15, 0.2) is 0 Å². The van der Waals surface area contributed by atoms with Crippen molar-refractivity contribution in [2.75, 3.05) is 19.6 Å². The predicted molar refractivity (Wildman–Crippen MR) is 85.1 cm³/mol. The van der Waals surface area contributed by atoms with Crippen LogP contribution in [0.4, 0.5) is 0 Å². The largest absolute Gasteiger partial charge is 0.389 e. The molecule has 0 bridgehead atoms. The molecule has 0 aromatic heterocycles. The Hall–Kier alpha value is -0.610. The second kappa shape index (κ2) is 7.59.